The third-order valence-corrected chi connectivity index (χ3v) is 4.94. The molecule has 1 aliphatic rings. The number of nitro groups is 1. The molecule has 1 aromatic carbocycles. The molecule has 1 saturated heterocycles. The normalized spacial score (nSPS) is 13.7. The molecule has 10 heteroatoms. The minimum Gasteiger partial charge on any atom is -0.492 e. The average molecular weight is 421 g/mol. The number of nitrogens with one attached hydrogen (secondary N) is 1. The second-order valence-electron chi connectivity index (χ2n) is 6.90. The van der Waals surface area contributed by atoms with Crippen LogP contribution in [-0.2, 0) is 0 Å². The van der Waals surface area contributed by atoms with Gasteiger partial charge in [-0.15, -0.1) is 0 Å². The van der Waals surface area contributed by atoms with E-state index in [-0.39, 0.29) is 11.5 Å². The molecular weight excluding hydrogens is 398 g/mol. The lowest BCUT2D eigenvalue weighted by atomic mass is 10.2. The molecule has 1 fully saturated rings. The Morgan fingerprint density at radius 1 is 0.968 bits per heavy atom. The summed E-state index contributed by atoms with van der Waals surface area (Å²) in [5.41, 5.74) is -0.117. The molecule has 0 saturated carbocycles. The zero-order chi connectivity index (χ0) is 21.5. The third-order valence-electron chi connectivity index (χ3n) is 4.94. The van der Waals surface area contributed by atoms with Gasteiger partial charge in [0.25, 0.3) is 0 Å². The van der Waals surface area contributed by atoms with Crippen molar-refractivity contribution in [2.75, 3.05) is 54.4 Å². The van der Waals surface area contributed by atoms with Crippen LogP contribution < -0.4 is 19.9 Å². The van der Waals surface area contributed by atoms with Gasteiger partial charge in [-0.05, 0) is 24.3 Å². The summed E-state index contributed by atoms with van der Waals surface area (Å²) >= 11 is 0. The van der Waals surface area contributed by atoms with Gasteiger partial charge < -0.3 is 19.9 Å². The summed E-state index contributed by atoms with van der Waals surface area (Å²) in [5.74, 6) is 2.17. The van der Waals surface area contributed by atoms with Crippen molar-refractivity contribution in [1.82, 2.24) is 15.0 Å². The van der Waals surface area contributed by atoms with Gasteiger partial charge in [-0.3, -0.25) is 10.1 Å². The van der Waals surface area contributed by atoms with Crippen LogP contribution in [0.3, 0.4) is 0 Å². The van der Waals surface area contributed by atoms with Crippen LogP contribution in [0.15, 0.2) is 61.1 Å². The first kappa shape index (κ1) is 20.3. The molecule has 1 aliphatic heterocycles. The summed E-state index contributed by atoms with van der Waals surface area (Å²) in [7, 11) is 0. The van der Waals surface area contributed by atoms with Crippen molar-refractivity contribution < 1.29 is 9.66 Å². The number of para-hydroxylation sites is 1. The number of hydrogen-bond donors (Lipinski definition) is 1. The fourth-order valence-electron chi connectivity index (χ4n) is 3.44. The zero-order valence-corrected chi connectivity index (χ0v) is 16.9. The lowest BCUT2D eigenvalue weighted by molar-refractivity contribution is -0.383. The summed E-state index contributed by atoms with van der Waals surface area (Å²) in [4.78, 5) is 28.2. The van der Waals surface area contributed by atoms with Gasteiger partial charge in [-0.25, -0.2) is 15.0 Å². The van der Waals surface area contributed by atoms with Crippen molar-refractivity contribution in [3.63, 3.8) is 0 Å². The number of anilines is 3. The quantitative estimate of drug-likeness (QED) is 0.333. The molecule has 0 bridgehead atoms. The van der Waals surface area contributed by atoms with Gasteiger partial charge in [0, 0.05) is 32.4 Å². The van der Waals surface area contributed by atoms with E-state index in [1.54, 1.807) is 6.20 Å². The molecule has 0 spiro atoms. The average Bonchev–Trinajstić information content (AvgIpc) is 2.83. The third kappa shape index (κ3) is 4.97. The fraction of sp³-hybridized carbons (Fsp3) is 0.286. The molecule has 3 heterocycles. The monoisotopic (exact) mass is 421 g/mol. The van der Waals surface area contributed by atoms with Crippen LogP contribution >= 0.6 is 0 Å². The smallest absolute Gasteiger partial charge is 0.353 e. The molecule has 0 radical (unpaired) electrons. The lowest BCUT2D eigenvalue weighted by Gasteiger charge is -2.35. The topological polar surface area (TPSA) is 110 Å². The second-order valence-corrected chi connectivity index (χ2v) is 6.90. The van der Waals surface area contributed by atoms with E-state index in [9.17, 15) is 10.1 Å². The summed E-state index contributed by atoms with van der Waals surface area (Å²) in [6, 6.07) is 15.2. The first-order chi connectivity index (χ1) is 15.2. The summed E-state index contributed by atoms with van der Waals surface area (Å²) < 4.78 is 5.63. The molecule has 0 aliphatic carbocycles. The van der Waals surface area contributed by atoms with Crippen LogP contribution in [0.1, 0.15) is 0 Å². The van der Waals surface area contributed by atoms with Crippen LogP contribution in [0, 0.1) is 10.1 Å². The Hall–Kier alpha value is -3.95. The maximum absolute atomic E-state index is 11.8. The SMILES string of the molecule is O=[N+]([O-])c1c(NCCOc2ccccc2)ncnc1N1CCN(c2ccccn2)CC1. The highest BCUT2D eigenvalue weighted by molar-refractivity contribution is 5.70. The Balaban J connectivity index is 1.41. The Bertz CT molecular complexity index is 996. The Kier molecular flexibility index (Phi) is 6.36. The van der Waals surface area contributed by atoms with Gasteiger partial charge in [-0.1, -0.05) is 24.3 Å². The van der Waals surface area contributed by atoms with Crippen molar-refractivity contribution in [3.05, 3.63) is 71.2 Å². The summed E-state index contributed by atoms with van der Waals surface area (Å²) in [6.07, 6.45) is 3.12. The standard InChI is InChI=1S/C21H23N7O3/c29-28(30)19-20(23-10-15-31-17-6-2-1-3-7-17)24-16-25-21(19)27-13-11-26(12-14-27)18-8-4-5-9-22-18/h1-9,16H,10-15H2,(H,23,24,25). The van der Waals surface area contributed by atoms with E-state index >= 15 is 0 Å². The molecule has 10 nitrogen and oxygen atoms in total. The van der Waals surface area contributed by atoms with Crippen molar-refractivity contribution in [2.24, 2.45) is 0 Å². The Labute approximate surface area is 179 Å². The minimum atomic E-state index is -0.430. The van der Waals surface area contributed by atoms with Crippen molar-refractivity contribution in [2.45, 2.75) is 0 Å². The van der Waals surface area contributed by atoms with Gasteiger partial charge in [0.05, 0.1) is 11.5 Å². The van der Waals surface area contributed by atoms with Crippen LogP contribution in [0.5, 0.6) is 5.75 Å². The van der Waals surface area contributed by atoms with E-state index in [0.717, 1.165) is 11.6 Å². The molecular formula is C21H23N7O3. The number of ether oxygens (including phenoxy) is 1. The number of aromatic nitrogens is 3. The number of rotatable bonds is 8. The largest absolute Gasteiger partial charge is 0.492 e. The number of pyridine rings is 1. The first-order valence-electron chi connectivity index (χ1n) is 10.0. The molecule has 31 heavy (non-hydrogen) atoms. The summed E-state index contributed by atoms with van der Waals surface area (Å²) in [5, 5.41) is 14.8. The Morgan fingerprint density at radius 2 is 1.71 bits per heavy atom. The van der Waals surface area contributed by atoms with Crippen molar-refractivity contribution in [3.8, 4) is 5.75 Å². The van der Waals surface area contributed by atoms with Crippen LogP contribution in [0.25, 0.3) is 0 Å². The van der Waals surface area contributed by atoms with Gasteiger partial charge in [0.1, 0.15) is 24.5 Å². The molecule has 0 atom stereocenters. The predicted molar refractivity (Wildman–Crippen MR) is 118 cm³/mol. The highest BCUT2D eigenvalue weighted by Gasteiger charge is 2.29. The zero-order valence-electron chi connectivity index (χ0n) is 16.9. The number of nitrogens with zero attached hydrogens (tertiary/aromatic N) is 6. The first-order valence-corrected chi connectivity index (χ1v) is 10.0. The van der Waals surface area contributed by atoms with E-state index in [0.29, 0.717) is 45.1 Å². The minimum absolute atomic E-state index is 0.117. The van der Waals surface area contributed by atoms with E-state index < -0.39 is 4.92 Å². The van der Waals surface area contributed by atoms with E-state index in [1.807, 2.05) is 53.4 Å². The molecule has 1 N–H and O–H groups in total. The van der Waals surface area contributed by atoms with E-state index in [2.05, 4.69) is 25.2 Å². The number of benzene rings is 1. The fourth-order valence-corrected chi connectivity index (χ4v) is 3.44. The molecule has 0 unspecified atom stereocenters. The molecule has 3 aromatic rings. The highest BCUT2D eigenvalue weighted by atomic mass is 16.6. The van der Waals surface area contributed by atoms with E-state index in [4.69, 9.17) is 4.74 Å². The van der Waals surface area contributed by atoms with Gasteiger partial charge >= 0.3 is 5.69 Å². The van der Waals surface area contributed by atoms with Crippen LogP contribution in [0.4, 0.5) is 23.1 Å². The molecule has 4 rings (SSSR count). The number of piperazine rings is 1. The lowest BCUT2D eigenvalue weighted by Crippen LogP contribution is -2.47. The number of hydrogen-bond acceptors (Lipinski definition) is 9. The summed E-state index contributed by atoms with van der Waals surface area (Å²) in [6.45, 7) is 3.33. The maximum Gasteiger partial charge on any atom is 0.353 e. The predicted octanol–water partition coefficient (Wildman–Crippen LogP) is 2.60. The van der Waals surface area contributed by atoms with Crippen LogP contribution in [0.2, 0.25) is 0 Å². The van der Waals surface area contributed by atoms with Crippen LogP contribution in [-0.4, -0.2) is 59.2 Å². The van der Waals surface area contributed by atoms with Gasteiger partial charge in [0.15, 0.2) is 0 Å². The van der Waals surface area contributed by atoms with E-state index in [1.165, 1.54) is 6.33 Å². The molecule has 0 amide bonds. The van der Waals surface area contributed by atoms with Gasteiger partial charge in [0.2, 0.25) is 11.6 Å². The molecule has 2 aromatic heterocycles. The van der Waals surface area contributed by atoms with Gasteiger partial charge in [-0.2, -0.15) is 0 Å². The van der Waals surface area contributed by atoms with Crippen molar-refractivity contribution in [1.29, 1.82) is 0 Å². The second kappa shape index (κ2) is 9.70. The molecule has 160 valence electrons. The van der Waals surface area contributed by atoms with Crippen molar-refractivity contribution >= 4 is 23.1 Å². The Morgan fingerprint density at radius 3 is 2.42 bits per heavy atom. The maximum atomic E-state index is 11.8. The highest BCUT2D eigenvalue weighted by Crippen LogP contribution is 2.32.